The van der Waals surface area contributed by atoms with Crippen molar-refractivity contribution >= 4 is 28.5 Å². The van der Waals surface area contributed by atoms with Gasteiger partial charge in [-0.25, -0.2) is 9.37 Å². The highest BCUT2D eigenvalue weighted by atomic mass is 32.2. The second-order valence-electron chi connectivity index (χ2n) is 6.52. The minimum absolute atomic E-state index is 0.195. The van der Waals surface area contributed by atoms with Crippen molar-refractivity contribution in [1.29, 1.82) is 0 Å². The number of nitrogens with one attached hydrogen (secondary N) is 1. The summed E-state index contributed by atoms with van der Waals surface area (Å²) in [5, 5.41) is 0.806. The number of H-pyrrole nitrogens is 1. The van der Waals surface area contributed by atoms with Gasteiger partial charge in [0.2, 0.25) is 6.79 Å². The molecule has 1 fully saturated rings. The lowest BCUT2D eigenvalue weighted by molar-refractivity contribution is 0.174. The lowest BCUT2D eigenvalue weighted by Gasteiger charge is -2.21. The fourth-order valence-electron chi connectivity index (χ4n) is 3.53. The van der Waals surface area contributed by atoms with E-state index in [9.17, 15) is 4.39 Å². The van der Waals surface area contributed by atoms with Crippen LogP contribution in [0.4, 0.5) is 10.1 Å². The van der Waals surface area contributed by atoms with Gasteiger partial charge in [0.1, 0.15) is 5.82 Å². The van der Waals surface area contributed by atoms with Gasteiger partial charge < -0.3 is 19.4 Å². The summed E-state index contributed by atoms with van der Waals surface area (Å²) in [6.07, 6.45) is 2.39. The third kappa shape index (κ3) is 2.86. The van der Waals surface area contributed by atoms with Crippen molar-refractivity contribution in [1.82, 2.24) is 9.97 Å². The molecule has 3 aromatic rings. The van der Waals surface area contributed by atoms with E-state index in [-0.39, 0.29) is 12.6 Å². The fourth-order valence-corrected chi connectivity index (χ4v) is 4.40. The molecule has 5 nitrogen and oxygen atoms in total. The van der Waals surface area contributed by atoms with Crippen LogP contribution in [0.25, 0.3) is 11.0 Å². The number of hydrogen-bond donors (Lipinski definition) is 1. The Morgan fingerprint density at radius 3 is 2.77 bits per heavy atom. The van der Waals surface area contributed by atoms with Gasteiger partial charge >= 0.3 is 0 Å². The molecule has 0 radical (unpaired) electrons. The molecule has 2 aliphatic rings. The lowest BCUT2D eigenvalue weighted by atomic mass is 10.2. The Balaban J connectivity index is 1.39. The molecule has 0 saturated carbocycles. The zero-order chi connectivity index (χ0) is 17.5. The molecule has 5 rings (SSSR count). The van der Waals surface area contributed by atoms with Gasteiger partial charge in [0.15, 0.2) is 16.7 Å². The molecule has 0 unspecified atom stereocenters. The van der Waals surface area contributed by atoms with Crippen molar-refractivity contribution in [3.8, 4) is 11.5 Å². The number of fused-ring (bicyclic) bond motifs is 2. The molecule has 3 heterocycles. The van der Waals surface area contributed by atoms with E-state index in [0.717, 1.165) is 52.0 Å². The molecule has 7 heteroatoms. The third-order valence-corrected chi connectivity index (χ3v) is 5.73. The van der Waals surface area contributed by atoms with Crippen LogP contribution in [-0.4, -0.2) is 29.9 Å². The van der Waals surface area contributed by atoms with Crippen LogP contribution in [-0.2, 0) is 5.75 Å². The van der Waals surface area contributed by atoms with E-state index in [1.807, 2.05) is 18.2 Å². The van der Waals surface area contributed by atoms with Gasteiger partial charge in [0.05, 0.1) is 11.0 Å². The molecule has 0 bridgehead atoms. The minimum Gasteiger partial charge on any atom is -0.454 e. The van der Waals surface area contributed by atoms with Crippen molar-refractivity contribution in [2.75, 3.05) is 24.8 Å². The molecule has 1 aromatic heterocycles. The van der Waals surface area contributed by atoms with Gasteiger partial charge in [-0.1, -0.05) is 11.8 Å². The average molecular weight is 371 g/mol. The van der Waals surface area contributed by atoms with E-state index in [0.29, 0.717) is 5.75 Å². The molecule has 2 aromatic carbocycles. The normalized spacial score (nSPS) is 16.0. The predicted molar refractivity (Wildman–Crippen MR) is 99.6 cm³/mol. The highest BCUT2D eigenvalue weighted by molar-refractivity contribution is 7.98. The zero-order valence-electron chi connectivity index (χ0n) is 14.1. The number of rotatable bonds is 4. The molecule has 1 saturated heterocycles. The first-order valence-corrected chi connectivity index (χ1v) is 9.70. The van der Waals surface area contributed by atoms with Crippen LogP contribution < -0.4 is 14.4 Å². The van der Waals surface area contributed by atoms with Crippen molar-refractivity contribution in [2.24, 2.45) is 0 Å². The van der Waals surface area contributed by atoms with E-state index in [1.165, 1.54) is 12.8 Å². The maximum Gasteiger partial charge on any atom is 0.231 e. The maximum absolute atomic E-state index is 13.8. The summed E-state index contributed by atoms with van der Waals surface area (Å²) in [6.45, 7) is 2.33. The highest BCUT2D eigenvalue weighted by Gasteiger charge is 2.18. The second-order valence-corrected chi connectivity index (χ2v) is 7.48. The van der Waals surface area contributed by atoms with E-state index in [1.54, 1.807) is 23.9 Å². The van der Waals surface area contributed by atoms with Crippen LogP contribution >= 0.6 is 11.8 Å². The Morgan fingerprint density at radius 2 is 1.92 bits per heavy atom. The Bertz CT molecular complexity index is 928. The van der Waals surface area contributed by atoms with Crippen LogP contribution in [0.3, 0.4) is 0 Å². The smallest absolute Gasteiger partial charge is 0.231 e. The van der Waals surface area contributed by atoms with E-state index in [2.05, 4.69) is 14.9 Å². The van der Waals surface area contributed by atoms with Crippen LogP contribution in [0.15, 0.2) is 35.5 Å². The average Bonchev–Trinajstić information content (AvgIpc) is 3.37. The Morgan fingerprint density at radius 1 is 1.12 bits per heavy atom. The summed E-state index contributed by atoms with van der Waals surface area (Å²) in [7, 11) is 0. The summed E-state index contributed by atoms with van der Waals surface area (Å²) in [5.41, 5.74) is 3.89. The van der Waals surface area contributed by atoms with Crippen molar-refractivity contribution in [2.45, 2.75) is 23.8 Å². The number of imidazole rings is 1. The van der Waals surface area contributed by atoms with Crippen molar-refractivity contribution in [3.63, 3.8) is 0 Å². The Labute approximate surface area is 154 Å². The number of ether oxygens (including phenoxy) is 2. The van der Waals surface area contributed by atoms with Gasteiger partial charge in [-0.05, 0) is 36.6 Å². The molecule has 1 N–H and O–H groups in total. The molecule has 0 spiro atoms. The maximum atomic E-state index is 13.8. The number of thioether (sulfide) groups is 1. The summed E-state index contributed by atoms with van der Waals surface area (Å²) < 4.78 is 24.6. The molecule has 26 heavy (non-hydrogen) atoms. The Hall–Kier alpha value is -2.41. The SMILES string of the molecule is Fc1ccc(N2CCCC2)c(CSc2nc3cc4c(cc3[nH]2)OCO4)c1. The van der Waals surface area contributed by atoms with Crippen LogP contribution in [0.1, 0.15) is 18.4 Å². The van der Waals surface area contributed by atoms with Gasteiger partial charge in [0.25, 0.3) is 0 Å². The third-order valence-electron chi connectivity index (χ3n) is 4.81. The van der Waals surface area contributed by atoms with Gasteiger partial charge in [-0.15, -0.1) is 0 Å². The molecule has 2 aliphatic heterocycles. The summed E-state index contributed by atoms with van der Waals surface area (Å²) in [6, 6.07) is 8.88. The first-order valence-electron chi connectivity index (χ1n) is 8.72. The first kappa shape index (κ1) is 15.8. The molecule has 0 atom stereocenters. The zero-order valence-corrected chi connectivity index (χ0v) is 14.9. The first-order chi connectivity index (χ1) is 12.8. The number of benzene rings is 2. The van der Waals surface area contributed by atoms with Crippen molar-refractivity contribution < 1.29 is 13.9 Å². The number of aromatic amines is 1. The summed E-state index contributed by atoms with van der Waals surface area (Å²) >= 11 is 1.58. The standard InChI is InChI=1S/C19H18FN3O2S/c20-13-3-4-16(23-5-1-2-6-23)12(7-13)10-26-19-21-14-8-17-18(25-11-24-17)9-15(14)22-19/h3-4,7-9H,1-2,5-6,10-11H2,(H,21,22). The quantitative estimate of drug-likeness (QED) is 0.692. The summed E-state index contributed by atoms with van der Waals surface area (Å²) in [5.74, 6) is 1.93. The Kier molecular flexibility index (Phi) is 3.89. The summed E-state index contributed by atoms with van der Waals surface area (Å²) in [4.78, 5) is 10.3. The number of halogens is 1. The van der Waals surface area contributed by atoms with Gasteiger partial charge in [-0.3, -0.25) is 0 Å². The monoisotopic (exact) mass is 371 g/mol. The van der Waals surface area contributed by atoms with Crippen molar-refractivity contribution in [3.05, 3.63) is 41.7 Å². The topological polar surface area (TPSA) is 50.4 Å². The molecule has 134 valence electrons. The van der Waals surface area contributed by atoms with Gasteiger partial charge in [-0.2, -0.15) is 0 Å². The van der Waals surface area contributed by atoms with E-state index < -0.39 is 0 Å². The fraction of sp³-hybridized carbons (Fsp3) is 0.316. The van der Waals surface area contributed by atoms with Crippen LogP contribution in [0, 0.1) is 5.82 Å². The number of hydrogen-bond acceptors (Lipinski definition) is 5. The van der Waals surface area contributed by atoms with Crippen LogP contribution in [0.5, 0.6) is 11.5 Å². The highest BCUT2D eigenvalue weighted by Crippen LogP contribution is 2.37. The van der Waals surface area contributed by atoms with Gasteiger partial charge in [0, 0.05) is 36.7 Å². The van der Waals surface area contributed by atoms with E-state index in [4.69, 9.17) is 9.47 Å². The number of anilines is 1. The molecule has 0 amide bonds. The predicted octanol–water partition coefficient (Wildman–Crippen LogP) is 4.32. The number of nitrogens with zero attached hydrogens (tertiary/aromatic N) is 2. The molecular formula is C19H18FN3O2S. The number of aromatic nitrogens is 2. The minimum atomic E-state index is -0.195. The largest absolute Gasteiger partial charge is 0.454 e. The van der Waals surface area contributed by atoms with Crippen LogP contribution in [0.2, 0.25) is 0 Å². The molecule has 0 aliphatic carbocycles. The second kappa shape index (κ2) is 6.39. The lowest BCUT2D eigenvalue weighted by Crippen LogP contribution is -2.19. The molecular weight excluding hydrogens is 353 g/mol. The van der Waals surface area contributed by atoms with E-state index >= 15 is 0 Å².